The molecule has 0 radical (unpaired) electrons. The van der Waals surface area contributed by atoms with Crippen LogP contribution in [0.15, 0.2) is 29.2 Å². The van der Waals surface area contributed by atoms with Crippen molar-refractivity contribution in [2.75, 3.05) is 12.3 Å². The van der Waals surface area contributed by atoms with Crippen LogP contribution >= 0.6 is 10.7 Å². The zero-order chi connectivity index (χ0) is 13.6. The van der Waals surface area contributed by atoms with E-state index in [9.17, 15) is 21.6 Å². The van der Waals surface area contributed by atoms with Gasteiger partial charge in [-0.3, -0.25) is 4.79 Å². The largest absolute Gasteiger partial charge is 0.269 e. The molecule has 0 aliphatic carbocycles. The van der Waals surface area contributed by atoms with E-state index in [0.29, 0.717) is 4.31 Å². The molecule has 0 unspecified atom stereocenters. The molecule has 1 aromatic rings. The van der Waals surface area contributed by atoms with Gasteiger partial charge in [-0.2, -0.15) is 0 Å². The molecular formula is C9H8ClNO5S2. The summed E-state index contributed by atoms with van der Waals surface area (Å²) in [6, 6.07) is 5.71. The number of halogens is 1. The first kappa shape index (κ1) is 13.3. The Kier molecular flexibility index (Phi) is 3.12. The summed E-state index contributed by atoms with van der Waals surface area (Å²) in [5, 5.41) is 0. The van der Waals surface area contributed by atoms with Crippen molar-refractivity contribution < 1.29 is 21.6 Å². The van der Waals surface area contributed by atoms with Crippen molar-refractivity contribution in [2.24, 2.45) is 0 Å². The van der Waals surface area contributed by atoms with Crippen molar-refractivity contribution in [1.82, 2.24) is 4.31 Å². The molecule has 1 aromatic carbocycles. The van der Waals surface area contributed by atoms with E-state index in [0.717, 1.165) is 0 Å². The van der Waals surface area contributed by atoms with Gasteiger partial charge in [0.1, 0.15) is 4.90 Å². The molecule has 0 atom stereocenters. The molecular weight excluding hydrogens is 302 g/mol. The molecule has 1 amide bonds. The van der Waals surface area contributed by atoms with Gasteiger partial charge in [-0.25, -0.2) is 21.1 Å². The van der Waals surface area contributed by atoms with Crippen LogP contribution in [0.25, 0.3) is 0 Å². The summed E-state index contributed by atoms with van der Waals surface area (Å²) in [5.74, 6) is -1.35. The minimum atomic E-state index is -3.96. The van der Waals surface area contributed by atoms with Gasteiger partial charge in [0.25, 0.3) is 15.9 Å². The molecule has 2 rings (SSSR count). The predicted molar refractivity (Wildman–Crippen MR) is 64.3 cm³/mol. The first-order valence-electron chi connectivity index (χ1n) is 4.82. The van der Waals surface area contributed by atoms with Gasteiger partial charge in [0.15, 0.2) is 0 Å². The van der Waals surface area contributed by atoms with Crippen molar-refractivity contribution in [2.45, 2.75) is 4.90 Å². The number of sulfonamides is 1. The van der Waals surface area contributed by atoms with Gasteiger partial charge in [-0.1, -0.05) is 12.1 Å². The van der Waals surface area contributed by atoms with E-state index in [4.69, 9.17) is 10.7 Å². The molecule has 0 saturated carbocycles. The van der Waals surface area contributed by atoms with Gasteiger partial charge in [-0.15, -0.1) is 0 Å². The number of nitrogens with zero attached hydrogens (tertiary/aromatic N) is 1. The molecule has 0 bridgehead atoms. The summed E-state index contributed by atoms with van der Waals surface area (Å²) in [6.45, 7) is -0.484. The van der Waals surface area contributed by atoms with Crippen LogP contribution in [-0.2, 0) is 19.1 Å². The Labute approximate surface area is 109 Å². The molecule has 9 heteroatoms. The third-order valence-corrected chi connectivity index (χ3v) is 5.42. The lowest BCUT2D eigenvalue weighted by Crippen LogP contribution is -2.33. The predicted octanol–water partition coefficient (Wildman–Crippen LogP) is 0.400. The molecule has 18 heavy (non-hydrogen) atoms. The maximum atomic E-state index is 12.0. The number of rotatable bonds is 3. The van der Waals surface area contributed by atoms with E-state index in [2.05, 4.69) is 0 Å². The second kappa shape index (κ2) is 4.22. The number of amides is 1. The number of carbonyl (C=O) groups is 1. The SMILES string of the molecule is O=C1c2ccccc2S(=O)(=O)N1CCS(=O)(=O)Cl. The number of fused-ring (bicyclic) bond motifs is 1. The first-order valence-corrected chi connectivity index (χ1v) is 8.74. The van der Waals surface area contributed by atoms with E-state index in [1.54, 1.807) is 0 Å². The number of hydrogen-bond acceptors (Lipinski definition) is 5. The average Bonchev–Trinajstić information content (AvgIpc) is 2.45. The fraction of sp³-hybridized carbons (Fsp3) is 0.222. The fourth-order valence-electron chi connectivity index (χ4n) is 1.64. The van der Waals surface area contributed by atoms with E-state index >= 15 is 0 Å². The van der Waals surface area contributed by atoms with Crippen molar-refractivity contribution >= 4 is 35.7 Å². The third kappa shape index (κ3) is 2.23. The summed E-state index contributed by atoms with van der Waals surface area (Å²) in [4.78, 5) is 11.7. The number of carbonyl (C=O) groups excluding carboxylic acids is 1. The maximum absolute atomic E-state index is 12.0. The Hall–Kier alpha value is -1.12. The highest BCUT2D eigenvalue weighted by atomic mass is 35.7. The lowest BCUT2D eigenvalue weighted by Gasteiger charge is -2.13. The van der Waals surface area contributed by atoms with Crippen LogP contribution < -0.4 is 0 Å². The Morgan fingerprint density at radius 3 is 2.39 bits per heavy atom. The van der Waals surface area contributed by atoms with E-state index in [1.807, 2.05) is 0 Å². The summed E-state index contributed by atoms with van der Waals surface area (Å²) >= 11 is 0. The van der Waals surface area contributed by atoms with Crippen molar-refractivity contribution in [3.05, 3.63) is 29.8 Å². The molecule has 6 nitrogen and oxygen atoms in total. The molecule has 0 spiro atoms. The van der Waals surface area contributed by atoms with Crippen LogP contribution in [0, 0.1) is 0 Å². The van der Waals surface area contributed by atoms with Gasteiger partial charge in [0.2, 0.25) is 9.05 Å². The molecule has 0 fully saturated rings. The van der Waals surface area contributed by atoms with Gasteiger partial charge >= 0.3 is 0 Å². The number of hydrogen-bond donors (Lipinski definition) is 0. The first-order chi connectivity index (χ1) is 8.23. The highest BCUT2D eigenvalue weighted by Gasteiger charge is 2.40. The normalized spacial score (nSPS) is 17.8. The van der Waals surface area contributed by atoms with Crippen LogP contribution in [0.1, 0.15) is 10.4 Å². The summed E-state index contributed by atoms with van der Waals surface area (Å²) in [7, 11) is -2.81. The molecule has 1 heterocycles. The van der Waals surface area contributed by atoms with Crippen LogP contribution in [0.4, 0.5) is 0 Å². The molecule has 0 aromatic heterocycles. The molecule has 0 saturated heterocycles. The minimum Gasteiger partial charge on any atom is -0.268 e. The van der Waals surface area contributed by atoms with E-state index in [-0.39, 0.29) is 10.5 Å². The zero-order valence-corrected chi connectivity index (χ0v) is 11.3. The topological polar surface area (TPSA) is 88.6 Å². The number of benzene rings is 1. The summed E-state index contributed by atoms with van der Waals surface area (Å²) in [6.07, 6.45) is 0. The van der Waals surface area contributed by atoms with Crippen molar-refractivity contribution in [3.63, 3.8) is 0 Å². The Morgan fingerprint density at radius 1 is 1.22 bits per heavy atom. The fourth-order valence-corrected chi connectivity index (χ4v) is 3.94. The smallest absolute Gasteiger partial charge is 0.268 e. The van der Waals surface area contributed by atoms with Crippen molar-refractivity contribution in [3.8, 4) is 0 Å². The maximum Gasteiger partial charge on any atom is 0.269 e. The molecule has 1 aliphatic rings. The third-order valence-electron chi connectivity index (χ3n) is 2.45. The van der Waals surface area contributed by atoms with Crippen LogP contribution in [0.5, 0.6) is 0 Å². The molecule has 1 aliphatic heterocycles. The van der Waals surface area contributed by atoms with Crippen molar-refractivity contribution in [1.29, 1.82) is 0 Å². The quantitative estimate of drug-likeness (QED) is 0.754. The van der Waals surface area contributed by atoms with Gasteiger partial charge in [0.05, 0.1) is 17.9 Å². The van der Waals surface area contributed by atoms with E-state index < -0.39 is 37.3 Å². The standard InChI is InChI=1S/C9H8ClNO5S2/c10-17(13,14)6-5-11-9(12)7-3-1-2-4-8(7)18(11,15)16/h1-4H,5-6H2. The average molecular weight is 310 g/mol. The van der Waals surface area contributed by atoms with Gasteiger partial charge in [0, 0.05) is 10.7 Å². The molecule has 98 valence electrons. The summed E-state index contributed by atoms with van der Waals surface area (Å²) in [5.41, 5.74) is 0.0458. The lowest BCUT2D eigenvalue weighted by molar-refractivity contribution is 0.0876. The van der Waals surface area contributed by atoms with Gasteiger partial charge in [-0.05, 0) is 12.1 Å². The second-order valence-electron chi connectivity index (χ2n) is 3.62. The lowest BCUT2D eigenvalue weighted by atomic mass is 10.2. The van der Waals surface area contributed by atoms with Crippen LogP contribution in [0.3, 0.4) is 0 Å². The van der Waals surface area contributed by atoms with Gasteiger partial charge < -0.3 is 0 Å². The van der Waals surface area contributed by atoms with Crippen LogP contribution in [-0.4, -0.2) is 39.3 Å². The molecule has 0 N–H and O–H groups in total. The van der Waals surface area contributed by atoms with Crippen LogP contribution in [0.2, 0.25) is 0 Å². The minimum absolute atomic E-state index is 0.0458. The summed E-state index contributed by atoms with van der Waals surface area (Å²) < 4.78 is 46.1. The monoisotopic (exact) mass is 309 g/mol. The zero-order valence-electron chi connectivity index (χ0n) is 8.91. The van der Waals surface area contributed by atoms with E-state index in [1.165, 1.54) is 24.3 Å². The second-order valence-corrected chi connectivity index (χ2v) is 8.35. The Bertz CT molecular complexity index is 710. The Morgan fingerprint density at radius 2 is 1.83 bits per heavy atom. The highest BCUT2D eigenvalue weighted by molar-refractivity contribution is 8.13. The Balaban J connectivity index is 2.40. The highest BCUT2D eigenvalue weighted by Crippen LogP contribution is 2.29.